The summed E-state index contributed by atoms with van der Waals surface area (Å²) in [5.41, 5.74) is 0.636. The maximum atomic E-state index is 12.1. The van der Waals surface area contributed by atoms with Crippen LogP contribution in [0, 0.1) is 18.8 Å². The Morgan fingerprint density at radius 2 is 2.21 bits per heavy atom. The number of carboxylic acids is 1. The zero-order valence-corrected chi connectivity index (χ0v) is 11.5. The molecule has 0 bridgehead atoms. The van der Waals surface area contributed by atoms with Crippen molar-refractivity contribution in [1.29, 1.82) is 0 Å². The van der Waals surface area contributed by atoms with E-state index in [0.717, 1.165) is 30.0 Å². The quantitative estimate of drug-likeness (QED) is 0.879. The minimum absolute atomic E-state index is 0.125. The molecule has 2 N–H and O–H groups in total. The minimum atomic E-state index is -0.868. The summed E-state index contributed by atoms with van der Waals surface area (Å²) in [4.78, 5) is 27.4. The van der Waals surface area contributed by atoms with Crippen molar-refractivity contribution >= 4 is 23.2 Å². The number of carbonyl (C=O) groups is 2. The summed E-state index contributed by atoms with van der Waals surface area (Å²) < 4.78 is 0. The molecule has 6 heteroatoms. The number of nitrogens with zero attached hydrogens (tertiary/aromatic N) is 1. The lowest BCUT2D eigenvalue weighted by atomic mass is 9.77. The summed E-state index contributed by atoms with van der Waals surface area (Å²) in [6, 6.07) is 0. The molecule has 0 unspecified atom stereocenters. The highest BCUT2D eigenvalue weighted by atomic mass is 32.1. The fraction of sp³-hybridized carbons (Fsp3) is 0.615. The molecule has 3 rings (SSSR count). The number of hydrogen-bond donors (Lipinski definition) is 2. The van der Waals surface area contributed by atoms with Crippen LogP contribution in [0.5, 0.6) is 0 Å². The molecule has 0 saturated heterocycles. The Morgan fingerprint density at radius 3 is 2.63 bits per heavy atom. The van der Waals surface area contributed by atoms with Crippen LogP contribution in [0.15, 0.2) is 5.38 Å². The fourth-order valence-electron chi connectivity index (χ4n) is 2.58. The van der Waals surface area contributed by atoms with Crippen molar-refractivity contribution in [2.24, 2.45) is 11.8 Å². The van der Waals surface area contributed by atoms with E-state index in [-0.39, 0.29) is 17.4 Å². The van der Waals surface area contributed by atoms with Gasteiger partial charge in [0.15, 0.2) is 0 Å². The molecule has 0 spiro atoms. The Balaban J connectivity index is 1.71. The molecule has 1 aromatic rings. The van der Waals surface area contributed by atoms with Crippen LogP contribution in [0.2, 0.25) is 0 Å². The number of aromatic nitrogens is 1. The van der Waals surface area contributed by atoms with Gasteiger partial charge in [-0.05, 0) is 32.6 Å². The van der Waals surface area contributed by atoms with Gasteiger partial charge in [-0.1, -0.05) is 0 Å². The van der Waals surface area contributed by atoms with Gasteiger partial charge in [-0.15, -0.1) is 11.3 Å². The SMILES string of the molecule is Cc1csc(C2(NC(=O)[C@@H]3C[C@H]3C(=O)O)CCC2)n1. The lowest BCUT2D eigenvalue weighted by molar-refractivity contribution is -0.140. The first-order valence-corrected chi connectivity index (χ1v) is 7.37. The number of thiazole rings is 1. The van der Waals surface area contributed by atoms with Gasteiger partial charge >= 0.3 is 5.97 Å². The Hall–Kier alpha value is -1.43. The summed E-state index contributed by atoms with van der Waals surface area (Å²) >= 11 is 1.57. The number of amides is 1. The van der Waals surface area contributed by atoms with Crippen LogP contribution in [-0.2, 0) is 15.1 Å². The molecular formula is C13H16N2O3S. The van der Waals surface area contributed by atoms with E-state index < -0.39 is 11.9 Å². The first kappa shape index (κ1) is 12.6. The highest BCUT2D eigenvalue weighted by Gasteiger charge is 2.51. The second-order valence-electron chi connectivity index (χ2n) is 5.51. The van der Waals surface area contributed by atoms with E-state index in [1.807, 2.05) is 12.3 Å². The molecule has 2 aliphatic carbocycles. The van der Waals surface area contributed by atoms with Gasteiger partial charge in [0, 0.05) is 11.1 Å². The van der Waals surface area contributed by atoms with E-state index in [9.17, 15) is 9.59 Å². The number of aliphatic carboxylic acids is 1. The van der Waals surface area contributed by atoms with Crippen LogP contribution in [0.25, 0.3) is 0 Å². The third kappa shape index (κ3) is 2.14. The third-order valence-electron chi connectivity index (χ3n) is 4.04. The van der Waals surface area contributed by atoms with Crippen molar-refractivity contribution in [3.05, 3.63) is 16.1 Å². The van der Waals surface area contributed by atoms with E-state index >= 15 is 0 Å². The number of carboxylic acid groups (broad SMARTS) is 1. The molecule has 0 radical (unpaired) electrons. The van der Waals surface area contributed by atoms with Gasteiger partial charge in [0.1, 0.15) is 5.01 Å². The summed E-state index contributed by atoms with van der Waals surface area (Å²) in [7, 11) is 0. The first-order chi connectivity index (χ1) is 9.02. The van der Waals surface area contributed by atoms with Gasteiger partial charge in [-0.25, -0.2) is 4.98 Å². The number of nitrogens with one attached hydrogen (secondary N) is 1. The van der Waals surface area contributed by atoms with E-state index in [4.69, 9.17) is 5.11 Å². The normalized spacial score (nSPS) is 27.4. The molecule has 0 aromatic carbocycles. The van der Waals surface area contributed by atoms with Crippen molar-refractivity contribution in [3.8, 4) is 0 Å². The van der Waals surface area contributed by atoms with Gasteiger partial charge in [0.2, 0.25) is 5.91 Å². The van der Waals surface area contributed by atoms with Gasteiger partial charge in [-0.3, -0.25) is 9.59 Å². The molecule has 5 nitrogen and oxygen atoms in total. The summed E-state index contributed by atoms with van der Waals surface area (Å²) in [6.45, 7) is 1.94. The molecule has 1 amide bonds. The lowest BCUT2D eigenvalue weighted by Gasteiger charge is -2.41. The largest absolute Gasteiger partial charge is 0.481 e. The number of aryl methyl sites for hydroxylation is 1. The average molecular weight is 280 g/mol. The molecule has 2 saturated carbocycles. The second kappa shape index (κ2) is 4.30. The van der Waals surface area contributed by atoms with Crippen molar-refractivity contribution in [1.82, 2.24) is 10.3 Å². The number of carbonyl (C=O) groups excluding carboxylic acids is 1. The zero-order chi connectivity index (χ0) is 13.6. The zero-order valence-electron chi connectivity index (χ0n) is 10.7. The molecule has 19 heavy (non-hydrogen) atoms. The summed E-state index contributed by atoms with van der Waals surface area (Å²) in [6.07, 6.45) is 3.34. The second-order valence-corrected chi connectivity index (χ2v) is 6.36. The summed E-state index contributed by atoms with van der Waals surface area (Å²) in [5, 5.41) is 14.9. The number of rotatable bonds is 4. The fourth-order valence-corrected chi connectivity index (χ4v) is 3.59. The topological polar surface area (TPSA) is 79.3 Å². The molecule has 2 atom stereocenters. The highest BCUT2D eigenvalue weighted by molar-refractivity contribution is 7.09. The van der Waals surface area contributed by atoms with E-state index in [1.54, 1.807) is 11.3 Å². The maximum absolute atomic E-state index is 12.1. The van der Waals surface area contributed by atoms with Crippen LogP contribution in [0.1, 0.15) is 36.4 Å². The van der Waals surface area contributed by atoms with Gasteiger partial charge < -0.3 is 10.4 Å². The standard InChI is InChI=1S/C13H16N2O3S/c1-7-6-19-12(14-7)13(3-2-4-13)15-10(16)8-5-9(8)11(17)18/h6,8-9H,2-5H2,1H3,(H,15,16)(H,17,18)/t8-,9-/m1/s1. The molecule has 1 aromatic heterocycles. The van der Waals surface area contributed by atoms with Crippen molar-refractivity contribution in [2.45, 2.75) is 38.1 Å². The van der Waals surface area contributed by atoms with Crippen molar-refractivity contribution in [2.75, 3.05) is 0 Å². The van der Waals surface area contributed by atoms with Crippen molar-refractivity contribution < 1.29 is 14.7 Å². The Morgan fingerprint density at radius 1 is 1.47 bits per heavy atom. The molecule has 2 fully saturated rings. The maximum Gasteiger partial charge on any atom is 0.307 e. The predicted octanol–water partition coefficient (Wildman–Crippen LogP) is 1.67. The van der Waals surface area contributed by atoms with E-state index in [2.05, 4.69) is 10.3 Å². The van der Waals surface area contributed by atoms with Gasteiger partial charge in [0.05, 0.1) is 17.4 Å². The summed E-state index contributed by atoms with van der Waals surface area (Å²) in [5.74, 6) is -1.83. The van der Waals surface area contributed by atoms with Crippen LogP contribution >= 0.6 is 11.3 Å². The van der Waals surface area contributed by atoms with E-state index in [1.165, 1.54) is 0 Å². The van der Waals surface area contributed by atoms with Crippen LogP contribution in [-0.4, -0.2) is 22.0 Å². The monoisotopic (exact) mass is 280 g/mol. The Kier molecular flexibility index (Phi) is 2.85. The van der Waals surface area contributed by atoms with Crippen LogP contribution in [0.4, 0.5) is 0 Å². The average Bonchev–Trinajstić information content (AvgIpc) is 3.01. The first-order valence-electron chi connectivity index (χ1n) is 6.49. The van der Waals surface area contributed by atoms with Gasteiger partial charge in [-0.2, -0.15) is 0 Å². The van der Waals surface area contributed by atoms with E-state index in [0.29, 0.717) is 6.42 Å². The molecule has 2 aliphatic rings. The lowest BCUT2D eigenvalue weighted by Crippen LogP contribution is -2.51. The molecule has 0 aliphatic heterocycles. The van der Waals surface area contributed by atoms with Crippen LogP contribution < -0.4 is 5.32 Å². The predicted molar refractivity (Wildman–Crippen MR) is 69.8 cm³/mol. The molecule has 1 heterocycles. The third-order valence-corrected chi connectivity index (χ3v) is 5.21. The van der Waals surface area contributed by atoms with Crippen LogP contribution in [0.3, 0.4) is 0 Å². The van der Waals surface area contributed by atoms with Crippen molar-refractivity contribution in [3.63, 3.8) is 0 Å². The molecular weight excluding hydrogens is 264 g/mol. The Labute approximate surface area is 115 Å². The van der Waals surface area contributed by atoms with Gasteiger partial charge in [0.25, 0.3) is 0 Å². The number of hydrogen-bond acceptors (Lipinski definition) is 4. The highest BCUT2D eigenvalue weighted by Crippen LogP contribution is 2.45. The smallest absolute Gasteiger partial charge is 0.307 e. The minimum Gasteiger partial charge on any atom is -0.481 e. The molecule has 102 valence electrons. The Bertz CT molecular complexity index is 536.